The van der Waals surface area contributed by atoms with E-state index < -0.39 is 55.1 Å². The predicted molar refractivity (Wildman–Crippen MR) is 518 cm³/mol. The molecule has 0 saturated carbocycles. The summed E-state index contributed by atoms with van der Waals surface area (Å²) in [6, 6.07) is 125. The molecule has 16 aromatic rings. The molecule has 1 aliphatic rings. The molecule has 138 heavy (non-hydrogen) atoms. The van der Waals surface area contributed by atoms with Gasteiger partial charge >= 0.3 is 23.9 Å². The van der Waals surface area contributed by atoms with Gasteiger partial charge in [-0.15, -0.1) is 0 Å². The van der Waals surface area contributed by atoms with Crippen LogP contribution in [0.5, 0.6) is 69.0 Å². The topological polar surface area (TPSA) is 225 Å². The maximum atomic E-state index is 16.6. The average Bonchev–Trinajstić information content (AvgIpc) is 0.775. The molecule has 17 rings (SSSR count). The van der Waals surface area contributed by atoms with Crippen molar-refractivity contribution in [2.45, 2.75) is 104 Å². The zero-order chi connectivity index (χ0) is 94.1. The monoisotopic (exact) mass is 1840 g/mol. The molecule has 0 unspecified atom stereocenters. The van der Waals surface area contributed by atoms with E-state index in [1.54, 1.807) is 0 Å². The first-order chi connectivity index (χ1) is 68.0. The van der Waals surface area contributed by atoms with Crippen LogP contribution < -0.4 is 56.8 Å². The Kier molecular flexibility index (Phi) is 32.0. The number of carbonyl (C=O) groups excluding carboxylic acids is 4. The van der Waals surface area contributed by atoms with Crippen molar-refractivity contribution in [2.75, 3.05) is 6.61 Å². The van der Waals surface area contributed by atoms with E-state index in [1.807, 2.05) is 364 Å². The number of ether oxygens (including phenoxy) is 17. The molecular weight excluding hydrogens is 1740 g/mol. The number of hydrogen-bond acceptors (Lipinski definition) is 21. The van der Waals surface area contributed by atoms with Crippen LogP contribution in [0.3, 0.4) is 0 Å². The number of benzene rings is 16. The Hall–Kier alpha value is -17.0. The highest BCUT2D eigenvalue weighted by Gasteiger charge is 2.51. The number of esters is 4. The Morgan fingerprint density at radius 3 is 0.522 bits per heavy atom. The Bertz CT molecular complexity index is 5940. The quantitative estimate of drug-likeness (QED) is 0.0255. The van der Waals surface area contributed by atoms with Crippen LogP contribution >= 0.6 is 0 Å². The van der Waals surface area contributed by atoms with Gasteiger partial charge in [-0.25, -0.2) is 19.2 Å². The SMILES string of the molecule is O=C(O[C@@H]1OC[C@H](OC(=O)c2cc(OCc3ccccc3)c(OCc3ccccc3)c(OCc3ccccc3)c2)[C@H](OC(=O)c2cc(OCc3ccccc3)c(OCc3ccccc3)c(OCc3ccccc3)c2)[C@H]1OC(=O)c1cc(OCc2ccccc2)c(OCc2ccccc2)c(OCc2ccccc2)c1)c1cc(OCc2ccccc2)c(OCc2ccccc2)c(OCc2ccccc2)c1. The smallest absolute Gasteiger partial charge is 0.340 e. The third-order valence-electron chi connectivity index (χ3n) is 22.2. The second-order valence-corrected chi connectivity index (χ2v) is 32.3. The predicted octanol–water partition coefficient (Wildman–Crippen LogP) is 23.8. The van der Waals surface area contributed by atoms with Crippen LogP contribution in [0.25, 0.3) is 0 Å². The highest BCUT2D eigenvalue weighted by atomic mass is 16.7. The van der Waals surface area contributed by atoms with Crippen LogP contribution in [0.1, 0.15) is 108 Å². The zero-order valence-corrected chi connectivity index (χ0v) is 75.3. The van der Waals surface area contributed by atoms with E-state index in [4.69, 9.17) is 80.5 Å². The Labute approximate surface area is 800 Å². The van der Waals surface area contributed by atoms with Crippen LogP contribution in [-0.2, 0) is 103 Å². The van der Waals surface area contributed by atoms with Crippen molar-refractivity contribution in [2.24, 2.45) is 0 Å². The third-order valence-corrected chi connectivity index (χ3v) is 22.2. The third kappa shape index (κ3) is 26.1. The first-order valence-corrected chi connectivity index (χ1v) is 45.2. The Morgan fingerprint density at radius 1 is 0.188 bits per heavy atom. The van der Waals surface area contributed by atoms with Gasteiger partial charge in [-0.3, -0.25) is 0 Å². The molecule has 0 radical (unpaired) electrons. The van der Waals surface area contributed by atoms with Crippen molar-refractivity contribution in [3.05, 3.63) is 502 Å². The van der Waals surface area contributed by atoms with Gasteiger partial charge in [0.05, 0.1) is 28.9 Å². The average molecular weight is 1840 g/mol. The summed E-state index contributed by atoms with van der Waals surface area (Å²) in [4.78, 5) is 65.6. The molecule has 0 bridgehead atoms. The number of carbonyl (C=O) groups is 4. The largest absolute Gasteiger partial charge is 0.485 e. The van der Waals surface area contributed by atoms with Crippen molar-refractivity contribution in [1.82, 2.24) is 0 Å². The van der Waals surface area contributed by atoms with Crippen LogP contribution in [0.4, 0.5) is 0 Å². The molecule has 16 aromatic carbocycles. The summed E-state index contributed by atoms with van der Waals surface area (Å²) in [6.45, 7) is -0.701. The Morgan fingerprint density at radius 2 is 0.341 bits per heavy atom. The maximum absolute atomic E-state index is 16.6. The normalized spacial score (nSPS) is 13.6. The number of rotatable bonds is 44. The highest BCUT2D eigenvalue weighted by Crippen LogP contribution is 2.47. The fraction of sp³-hybridized carbons (Fsp3) is 0.145. The van der Waals surface area contributed by atoms with E-state index >= 15 is 19.2 Å². The van der Waals surface area contributed by atoms with Gasteiger partial charge in [0.2, 0.25) is 35.4 Å². The molecule has 0 spiro atoms. The molecule has 0 aliphatic carbocycles. The van der Waals surface area contributed by atoms with Gasteiger partial charge in [-0.2, -0.15) is 0 Å². The second-order valence-electron chi connectivity index (χ2n) is 32.3. The Balaban J connectivity index is 0.827. The van der Waals surface area contributed by atoms with E-state index in [-0.39, 0.29) is 171 Å². The van der Waals surface area contributed by atoms with Gasteiger partial charge in [0.15, 0.2) is 58.2 Å². The molecule has 21 nitrogen and oxygen atoms in total. The van der Waals surface area contributed by atoms with Crippen LogP contribution in [0.15, 0.2) is 413 Å². The van der Waals surface area contributed by atoms with Crippen LogP contribution in [0.2, 0.25) is 0 Å². The van der Waals surface area contributed by atoms with Gasteiger partial charge in [0.25, 0.3) is 0 Å². The molecule has 1 heterocycles. The molecular formula is C117H98O21. The van der Waals surface area contributed by atoms with Crippen molar-refractivity contribution >= 4 is 23.9 Å². The van der Waals surface area contributed by atoms with E-state index in [0.29, 0.717) is 0 Å². The minimum atomic E-state index is -2.15. The van der Waals surface area contributed by atoms with Gasteiger partial charge in [-0.1, -0.05) is 364 Å². The lowest BCUT2D eigenvalue weighted by Crippen LogP contribution is -2.58. The van der Waals surface area contributed by atoms with E-state index in [1.165, 1.54) is 48.5 Å². The molecule has 0 N–H and O–H groups in total. The minimum Gasteiger partial charge on any atom is -0.485 e. The standard InChI is InChI=1S/C117H98O21/c118-113(94-61-98(122-69-82-37-13-1-14-38-82)107(130-77-90-53-29-9-30-54-90)99(62-94)123-70-83-39-15-2-16-40-83)135-106-81-134-117(138-116(121)97-67-104(128-75-88-49-25-7-26-50-88)110(133-80-93-59-35-12-36-60-93)105(68-97)129-76-89-51-27-8-28-52-89)112(137-115(120)96-65-102(126-73-86-45-21-5-22-46-86)109(132-79-92-57-33-11-34-58-92)103(66-96)127-74-87-47-23-6-24-48-87)111(106)136-114(119)95-63-100(124-71-84-41-17-3-18-42-84)108(131-78-91-55-31-10-32-56-91)101(64-95)125-72-85-43-19-4-20-44-85/h1-68,106,111-112,117H,69-81H2/t106-,111-,112+,117-/m0/s1. The molecule has 1 fully saturated rings. The van der Waals surface area contributed by atoms with Gasteiger partial charge in [-0.05, 0) is 115 Å². The molecule has 692 valence electrons. The summed E-state index contributed by atoms with van der Waals surface area (Å²) < 4.78 is 115. The molecule has 0 amide bonds. The van der Waals surface area contributed by atoms with Crippen molar-refractivity contribution in [3.8, 4) is 69.0 Å². The fourth-order valence-corrected chi connectivity index (χ4v) is 15.0. The molecule has 4 atom stereocenters. The van der Waals surface area contributed by atoms with E-state index in [2.05, 4.69) is 0 Å². The highest BCUT2D eigenvalue weighted by molar-refractivity contribution is 5.94. The van der Waals surface area contributed by atoms with Crippen molar-refractivity contribution in [3.63, 3.8) is 0 Å². The zero-order valence-electron chi connectivity index (χ0n) is 75.3. The fourth-order valence-electron chi connectivity index (χ4n) is 15.0. The molecule has 21 heteroatoms. The first kappa shape index (κ1) is 92.8. The lowest BCUT2D eigenvalue weighted by molar-refractivity contribution is -0.250. The van der Waals surface area contributed by atoms with E-state index in [0.717, 1.165) is 66.8 Å². The molecule has 1 aliphatic heterocycles. The van der Waals surface area contributed by atoms with Gasteiger partial charge in [0.1, 0.15) is 79.3 Å². The minimum absolute atomic E-state index is 0.0000821. The van der Waals surface area contributed by atoms with E-state index in [9.17, 15) is 0 Å². The summed E-state index contributed by atoms with van der Waals surface area (Å²) in [6.07, 6.45) is -8.11. The van der Waals surface area contributed by atoms with Crippen molar-refractivity contribution < 1.29 is 99.7 Å². The number of hydrogen-bond donors (Lipinski definition) is 0. The lowest BCUT2D eigenvalue weighted by atomic mass is 10.0. The summed E-state index contributed by atoms with van der Waals surface area (Å²) in [5, 5.41) is 0. The lowest BCUT2D eigenvalue weighted by Gasteiger charge is -2.40. The van der Waals surface area contributed by atoms with Crippen LogP contribution in [0, 0.1) is 0 Å². The molecule has 1 saturated heterocycles. The van der Waals surface area contributed by atoms with Gasteiger partial charge < -0.3 is 80.5 Å². The summed E-state index contributed by atoms with van der Waals surface area (Å²) >= 11 is 0. The van der Waals surface area contributed by atoms with Gasteiger partial charge in [0, 0.05) is 0 Å². The second kappa shape index (κ2) is 47.5. The maximum Gasteiger partial charge on any atom is 0.340 e. The van der Waals surface area contributed by atoms with Crippen LogP contribution in [-0.4, -0.2) is 55.1 Å². The summed E-state index contributed by atoms with van der Waals surface area (Å²) in [5.74, 6) is -3.44. The summed E-state index contributed by atoms with van der Waals surface area (Å²) in [7, 11) is 0. The first-order valence-electron chi connectivity index (χ1n) is 45.2. The van der Waals surface area contributed by atoms with Crippen molar-refractivity contribution in [1.29, 1.82) is 0 Å². The summed E-state index contributed by atoms with van der Waals surface area (Å²) in [5.41, 5.74) is 8.64. The molecule has 0 aromatic heterocycles.